The second-order valence-corrected chi connectivity index (χ2v) is 5.39. The Kier molecular flexibility index (Phi) is 9.98. The second-order valence-electron chi connectivity index (χ2n) is 5.39. The number of amides is 1. The van der Waals surface area contributed by atoms with Gasteiger partial charge in [0, 0.05) is 19.5 Å². The van der Waals surface area contributed by atoms with E-state index in [0.29, 0.717) is 25.4 Å². The summed E-state index contributed by atoms with van der Waals surface area (Å²) < 4.78 is 0. The summed E-state index contributed by atoms with van der Waals surface area (Å²) in [7, 11) is 0. The van der Waals surface area contributed by atoms with Crippen LogP contribution in [0.15, 0.2) is 0 Å². The minimum absolute atomic E-state index is 0.0346. The Balaban J connectivity index is 4.27. The topological polar surface area (TPSA) is 66.6 Å². The van der Waals surface area contributed by atoms with Crippen molar-refractivity contribution in [2.24, 2.45) is 17.6 Å². The molecule has 0 aliphatic heterocycles. The van der Waals surface area contributed by atoms with Gasteiger partial charge in [-0.05, 0) is 31.2 Å². The van der Waals surface area contributed by atoms with E-state index in [0.717, 1.165) is 25.8 Å². The number of carbonyl (C=O) groups excluding carboxylic acids is 1. The normalized spacial score (nSPS) is 12.8. The van der Waals surface area contributed by atoms with Gasteiger partial charge in [-0.15, -0.1) is 0 Å². The van der Waals surface area contributed by atoms with Crippen molar-refractivity contribution in [3.8, 4) is 0 Å². The number of aliphatic hydroxyl groups is 1. The Labute approximate surface area is 112 Å². The molecule has 0 spiro atoms. The number of rotatable bonds is 10. The number of nitrogens with two attached hydrogens (primary N) is 1. The Bertz CT molecular complexity index is 220. The molecule has 3 N–H and O–H groups in total. The van der Waals surface area contributed by atoms with E-state index in [1.807, 2.05) is 0 Å². The van der Waals surface area contributed by atoms with Crippen LogP contribution >= 0.6 is 0 Å². The Morgan fingerprint density at radius 1 is 1.33 bits per heavy atom. The molecule has 0 aromatic rings. The largest absolute Gasteiger partial charge is 0.395 e. The molecule has 0 aliphatic carbocycles. The van der Waals surface area contributed by atoms with Crippen LogP contribution in [-0.2, 0) is 4.79 Å². The Hall–Kier alpha value is -0.610. The first-order chi connectivity index (χ1) is 8.54. The van der Waals surface area contributed by atoms with E-state index in [1.54, 1.807) is 4.90 Å². The number of carbonyl (C=O) groups is 1. The quantitative estimate of drug-likeness (QED) is 0.626. The van der Waals surface area contributed by atoms with Crippen LogP contribution in [0, 0.1) is 11.8 Å². The SMILES string of the molecule is CCCCN(CCO)C(=O)C[C@@H](CN)CC(C)C. The van der Waals surface area contributed by atoms with Gasteiger partial charge >= 0.3 is 0 Å². The van der Waals surface area contributed by atoms with Crippen LogP contribution in [0.2, 0.25) is 0 Å². The van der Waals surface area contributed by atoms with Gasteiger partial charge in [0.05, 0.1) is 6.61 Å². The van der Waals surface area contributed by atoms with Gasteiger partial charge in [-0.2, -0.15) is 0 Å². The predicted molar refractivity (Wildman–Crippen MR) is 75.2 cm³/mol. The molecular weight excluding hydrogens is 228 g/mol. The van der Waals surface area contributed by atoms with Crippen LogP contribution in [0.25, 0.3) is 0 Å². The number of unbranched alkanes of at least 4 members (excludes halogenated alkanes) is 1. The van der Waals surface area contributed by atoms with Crippen molar-refractivity contribution in [1.82, 2.24) is 4.90 Å². The molecule has 0 radical (unpaired) electrons. The highest BCUT2D eigenvalue weighted by Crippen LogP contribution is 2.15. The van der Waals surface area contributed by atoms with E-state index >= 15 is 0 Å². The molecule has 0 aliphatic rings. The predicted octanol–water partition coefficient (Wildman–Crippen LogP) is 1.62. The third-order valence-electron chi connectivity index (χ3n) is 3.11. The number of hydrogen-bond donors (Lipinski definition) is 2. The fourth-order valence-electron chi connectivity index (χ4n) is 2.14. The number of hydrogen-bond acceptors (Lipinski definition) is 3. The van der Waals surface area contributed by atoms with E-state index in [-0.39, 0.29) is 18.4 Å². The first-order valence-corrected chi connectivity index (χ1v) is 7.13. The van der Waals surface area contributed by atoms with Crippen LogP contribution in [0.3, 0.4) is 0 Å². The maximum atomic E-state index is 12.1. The van der Waals surface area contributed by atoms with E-state index in [4.69, 9.17) is 10.8 Å². The maximum absolute atomic E-state index is 12.1. The zero-order valence-electron chi connectivity index (χ0n) is 12.2. The lowest BCUT2D eigenvalue weighted by Crippen LogP contribution is -2.36. The van der Waals surface area contributed by atoms with Crippen molar-refractivity contribution >= 4 is 5.91 Å². The van der Waals surface area contributed by atoms with Gasteiger partial charge in [-0.3, -0.25) is 4.79 Å². The average molecular weight is 258 g/mol. The molecule has 18 heavy (non-hydrogen) atoms. The monoisotopic (exact) mass is 258 g/mol. The molecule has 0 unspecified atom stereocenters. The molecule has 108 valence electrons. The summed E-state index contributed by atoms with van der Waals surface area (Å²) in [6, 6.07) is 0. The standard InChI is InChI=1S/C14H30N2O2/c1-4-5-6-16(7-8-17)14(18)10-13(11-15)9-12(2)3/h12-13,17H,4-11,15H2,1-3H3/t13-/m0/s1. The molecule has 1 amide bonds. The lowest BCUT2D eigenvalue weighted by atomic mass is 9.93. The van der Waals surface area contributed by atoms with Crippen LogP contribution in [0.4, 0.5) is 0 Å². The van der Waals surface area contributed by atoms with Crippen molar-refractivity contribution in [3.63, 3.8) is 0 Å². The molecule has 0 heterocycles. The minimum atomic E-state index is 0.0346. The molecule has 0 bridgehead atoms. The summed E-state index contributed by atoms with van der Waals surface area (Å²) in [6.07, 6.45) is 3.55. The number of nitrogens with zero attached hydrogens (tertiary/aromatic N) is 1. The zero-order valence-corrected chi connectivity index (χ0v) is 12.2. The third kappa shape index (κ3) is 7.67. The fraction of sp³-hybridized carbons (Fsp3) is 0.929. The first-order valence-electron chi connectivity index (χ1n) is 7.13. The molecule has 0 aromatic carbocycles. The Morgan fingerprint density at radius 2 is 2.00 bits per heavy atom. The molecular formula is C14H30N2O2. The molecule has 0 rings (SSSR count). The number of aliphatic hydroxyl groups excluding tert-OH is 1. The van der Waals surface area contributed by atoms with Crippen molar-refractivity contribution in [3.05, 3.63) is 0 Å². The summed E-state index contributed by atoms with van der Waals surface area (Å²) in [5.41, 5.74) is 5.72. The van der Waals surface area contributed by atoms with Crippen LogP contribution in [-0.4, -0.2) is 42.2 Å². The summed E-state index contributed by atoms with van der Waals surface area (Å²) in [4.78, 5) is 13.9. The molecule has 0 fully saturated rings. The summed E-state index contributed by atoms with van der Waals surface area (Å²) in [6.45, 7) is 8.18. The average Bonchev–Trinajstić information content (AvgIpc) is 2.32. The van der Waals surface area contributed by atoms with Crippen LogP contribution in [0.5, 0.6) is 0 Å². The minimum Gasteiger partial charge on any atom is -0.395 e. The van der Waals surface area contributed by atoms with Crippen molar-refractivity contribution in [2.75, 3.05) is 26.2 Å². The van der Waals surface area contributed by atoms with Crippen LogP contribution in [0.1, 0.15) is 46.5 Å². The second kappa shape index (κ2) is 10.3. The highest BCUT2D eigenvalue weighted by atomic mass is 16.3. The van der Waals surface area contributed by atoms with Gasteiger partial charge in [0.1, 0.15) is 0 Å². The highest BCUT2D eigenvalue weighted by Gasteiger charge is 2.18. The van der Waals surface area contributed by atoms with Crippen LogP contribution < -0.4 is 5.73 Å². The van der Waals surface area contributed by atoms with Gasteiger partial charge in [0.15, 0.2) is 0 Å². The maximum Gasteiger partial charge on any atom is 0.222 e. The summed E-state index contributed by atoms with van der Waals surface area (Å²) >= 11 is 0. The van der Waals surface area contributed by atoms with Gasteiger partial charge in [0.2, 0.25) is 5.91 Å². The Morgan fingerprint density at radius 3 is 2.44 bits per heavy atom. The fourth-order valence-corrected chi connectivity index (χ4v) is 2.14. The summed E-state index contributed by atoms with van der Waals surface area (Å²) in [5.74, 6) is 0.960. The molecule has 4 heteroatoms. The van der Waals surface area contributed by atoms with E-state index < -0.39 is 0 Å². The molecule has 0 saturated heterocycles. The van der Waals surface area contributed by atoms with E-state index in [2.05, 4.69) is 20.8 Å². The highest BCUT2D eigenvalue weighted by molar-refractivity contribution is 5.76. The third-order valence-corrected chi connectivity index (χ3v) is 3.11. The van der Waals surface area contributed by atoms with E-state index in [9.17, 15) is 4.79 Å². The lowest BCUT2D eigenvalue weighted by molar-refractivity contribution is -0.132. The van der Waals surface area contributed by atoms with E-state index in [1.165, 1.54) is 0 Å². The van der Waals surface area contributed by atoms with Gasteiger partial charge in [-0.25, -0.2) is 0 Å². The van der Waals surface area contributed by atoms with Gasteiger partial charge in [-0.1, -0.05) is 27.2 Å². The summed E-state index contributed by atoms with van der Waals surface area (Å²) in [5, 5.41) is 9.00. The zero-order chi connectivity index (χ0) is 14.0. The first kappa shape index (κ1) is 17.4. The lowest BCUT2D eigenvalue weighted by Gasteiger charge is -2.24. The molecule has 1 atom stereocenters. The molecule has 4 nitrogen and oxygen atoms in total. The smallest absolute Gasteiger partial charge is 0.222 e. The van der Waals surface area contributed by atoms with Gasteiger partial charge in [0.25, 0.3) is 0 Å². The van der Waals surface area contributed by atoms with Gasteiger partial charge < -0.3 is 15.7 Å². The van der Waals surface area contributed by atoms with Crippen molar-refractivity contribution in [1.29, 1.82) is 0 Å². The van der Waals surface area contributed by atoms with Crippen molar-refractivity contribution < 1.29 is 9.90 Å². The molecule has 0 aromatic heterocycles. The molecule has 0 saturated carbocycles. The van der Waals surface area contributed by atoms with Crippen molar-refractivity contribution in [2.45, 2.75) is 46.5 Å².